The van der Waals surface area contributed by atoms with Gasteiger partial charge >= 0.3 is 12.4 Å². The maximum atomic E-state index is 13.5. The van der Waals surface area contributed by atoms with E-state index >= 15 is 0 Å². The van der Waals surface area contributed by atoms with Gasteiger partial charge in [0.25, 0.3) is 0 Å². The fourth-order valence-corrected chi connectivity index (χ4v) is 3.25. The van der Waals surface area contributed by atoms with Crippen LogP contribution in [0.1, 0.15) is 35.6 Å². The van der Waals surface area contributed by atoms with Crippen LogP contribution in [0.25, 0.3) is 0 Å². The number of amides is 1. The highest BCUT2D eigenvalue weighted by Crippen LogP contribution is 2.36. The van der Waals surface area contributed by atoms with Crippen LogP contribution in [-0.4, -0.2) is 30.9 Å². The maximum absolute atomic E-state index is 13.5. The highest BCUT2D eigenvalue weighted by atomic mass is 19.4. The van der Waals surface area contributed by atoms with E-state index in [1.807, 2.05) is 0 Å². The summed E-state index contributed by atoms with van der Waals surface area (Å²) in [6.07, 6.45) is -9.09. The summed E-state index contributed by atoms with van der Waals surface area (Å²) in [6, 6.07) is 7.92. The average molecular weight is 457 g/mol. The van der Waals surface area contributed by atoms with Crippen molar-refractivity contribution in [2.75, 3.05) is 19.0 Å². The molecule has 0 heterocycles. The summed E-state index contributed by atoms with van der Waals surface area (Å²) in [7, 11) is 3.00. The zero-order valence-corrected chi connectivity index (χ0v) is 17.6. The van der Waals surface area contributed by atoms with E-state index in [2.05, 4.69) is 0 Å². The van der Waals surface area contributed by atoms with Gasteiger partial charge in [-0.25, -0.2) is 0 Å². The average Bonchev–Trinajstić information content (AvgIpc) is 2.72. The van der Waals surface area contributed by atoms with Gasteiger partial charge < -0.3 is 9.80 Å². The molecule has 0 radical (unpaired) electrons. The highest BCUT2D eigenvalue weighted by Gasteiger charge is 2.35. The Morgan fingerprint density at radius 2 is 1.59 bits per heavy atom. The first-order chi connectivity index (χ1) is 14.8. The number of rotatable bonds is 6. The van der Waals surface area contributed by atoms with Crippen molar-refractivity contribution in [3.05, 3.63) is 64.7 Å². The third-order valence-corrected chi connectivity index (χ3v) is 4.88. The molecule has 0 aliphatic rings. The van der Waals surface area contributed by atoms with Gasteiger partial charge in [-0.1, -0.05) is 19.1 Å². The van der Waals surface area contributed by atoms with Crippen molar-refractivity contribution in [1.29, 1.82) is 5.26 Å². The molecule has 10 heteroatoms. The Morgan fingerprint density at radius 1 is 1.00 bits per heavy atom. The minimum absolute atomic E-state index is 0.0262. The standard InChI is InChI=1S/C22H21F6N3O/c1-4-19(20(32)30(2)3)31(13-14-5-8-16(9-6-14)21(23,24)25)17-10-7-15(12-29)18(11-17)22(26,27)28/h5-11,19H,4,13H2,1-3H3. The number of carbonyl (C=O) groups is 1. The molecule has 2 aromatic rings. The van der Waals surface area contributed by atoms with Crippen molar-refractivity contribution in [3.8, 4) is 6.07 Å². The topological polar surface area (TPSA) is 47.3 Å². The number of nitrogens with zero attached hydrogens (tertiary/aromatic N) is 3. The van der Waals surface area contributed by atoms with Gasteiger partial charge in [0.1, 0.15) is 6.04 Å². The second kappa shape index (κ2) is 9.51. The highest BCUT2D eigenvalue weighted by molar-refractivity contribution is 5.85. The molecule has 0 saturated carbocycles. The maximum Gasteiger partial charge on any atom is 0.417 e. The number of hydrogen-bond acceptors (Lipinski definition) is 3. The molecular formula is C22H21F6N3O. The summed E-state index contributed by atoms with van der Waals surface area (Å²) < 4.78 is 79.0. The van der Waals surface area contributed by atoms with Gasteiger partial charge in [0.05, 0.1) is 22.8 Å². The summed E-state index contributed by atoms with van der Waals surface area (Å²) in [5.41, 5.74) is -2.18. The van der Waals surface area contributed by atoms with E-state index < -0.39 is 35.1 Å². The number of nitriles is 1. The number of halogens is 6. The third-order valence-electron chi connectivity index (χ3n) is 4.88. The van der Waals surface area contributed by atoms with Crippen LogP contribution >= 0.6 is 0 Å². The van der Waals surface area contributed by atoms with Gasteiger partial charge in [0.15, 0.2) is 0 Å². The molecule has 0 spiro atoms. The lowest BCUT2D eigenvalue weighted by atomic mass is 10.0. The van der Waals surface area contributed by atoms with E-state index in [1.165, 1.54) is 48.2 Å². The minimum atomic E-state index is -4.80. The lowest BCUT2D eigenvalue weighted by Crippen LogP contribution is -2.46. The molecule has 1 unspecified atom stereocenters. The van der Waals surface area contributed by atoms with Crippen molar-refractivity contribution in [1.82, 2.24) is 4.90 Å². The molecule has 0 bridgehead atoms. The molecule has 2 rings (SSSR count). The summed E-state index contributed by atoms with van der Waals surface area (Å²) >= 11 is 0. The Balaban J connectivity index is 2.57. The van der Waals surface area contributed by atoms with Gasteiger partial charge in [0.2, 0.25) is 5.91 Å². The van der Waals surface area contributed by atoms with Crippen molar-refractivity contribution in [2.24, 2.45) is 0 Å². The van der Waals surface area contributed by atoms with Crippen LogP contribution in [0.2, 0.25) is 0 Å². The zero-order chi connectivity index (χ0) is 24.3. The SMILES string of the molecule is CCC(C(=O)N(C)C)N(Cc1ccc(C(F)(F)F)cc1)c1ccc(C#N)c(C(F)(F)F)c1. The third kappa shape index (κ3) is 5.72. The smallest absolute Gasteiger partial charge is 0.355 e. The largest absolute Gasteiger partial charge is 0.417 e. The minimum Gasteiger partial charge on any atom is -0.355 e. The molecule has 0 fully saturated rings. The van der Waals surface area contributed by atoms with Gasteiger partial charge in [-0.3, -0.25) is 4.79 Å². The van der Waals surface area contributed by atoms with Crippen LogP contribution in [0.15, 0.2) is 42.5 Å². The Morgan fingerprint density at radius 3 is 2.03 bits per heavy atom. The second-order valence-corrected chi connectivity index (χ2v) is 7.32. The van der Waals surface area contributed by atoms with Crippen LogP contribution in [0.5, 0.6) is 0 Å². The van der Waals surface area contributed by atoms with Crippen LogP contribution < -0.4 is 4.90 Å². The molecule has 4 nitrogen and oxygen atoms in total. The molecule has 2 aromatic carbocycles. The molecule has 0 saturated heterocycles. The second-order valence-electron chi connectivity index (χ2n) is 7.32. The number of likely N-dealkylation sites (N-methyl/N-ethyl adjacent to an activating group) is 1. The molecule has 0 aliphatic carbocycles. The molecule has 172 valence electrons. The van der Waals surface area contributed by atoms with Gasteiger partial charge in [0, 0.05) is 26.3 Å². The van der Waals surface area contributed by atoms with Crippen molar-refractivity contribution in [3.63, 3.8) is 0 Å². The first-order valence-electron chi connectivity index (χ1n) is 9.54. The Bertz CT molecular complexity index is 991. The number of alkyl halides is 6. The summed E-state index contributed by atoms with van der Waals surface area (Å²) in [5.74, 6) is -0.377. The first kappa shape index (κ1) is 25.0. The van der Waals surface area contributed by atoms with Crippen molar-refractivity contribution >= 4 is 11.6 Å². The predicted molar refractivity (Wildman–Crippen MR) is 107 cm³/mol. The molecule has 0 aromatic heterocycles. The lowest BCUT2D eigenvalue weighted by molar-refractivity contribution is -0.138. The van der Waals surface area contributed by atoms with Gasteiger partial charge in [-0.2, -0.15) is 31.6 Å². The lowest BCUT2D eigenvalue weighted by Gasteiger charge is -2.34. The van der Waals surface area contributed by atoms with Crippen LogP contribution in [0.3, 0.4) is 0 Å². The summed E-state index contributed by atoms with van der Waals surface area (Å²) in [4.78, 5) is 15.4. The fraction of sp³-hybridized carbons (Fsp3) is 0.364. The monoisotopic (exact) mass is 457 g/mol. The Labute approximate surface area is 181 Å². The number of carbonyl (C=O) groups excluding carboxylic acids is 1. The van der Waals surface area contributed by atoms with E-state index in [0.717, 1.165) is 24.3 Å². The molecule has 1 amide bonds. The van der Waals surface area contributed by atoms with Crippen LogP contribution in [0, 0.1) is 11.3 Å². The Kier molecular flexibility index (Phi) is 7.44. The van der Waals surface area contributed by atoms with E-state index in [0.29, 0.717) is 5.56 Å². The predicted octanol–water partition coefficient (Wildman–Crippen LogP) is 5.47. The number of anilines is 1. The Hall–Kier alpha value is -3.22. The van der Waals surface area contributed by atoms with Crippen LogP contribution in [0.4, 0.5) is 32.0 Å². The van der Waals surface area contributed by atoms with Crippen molar-refractivity contribution < 1.29 is 31.1 Å². The first-order valence-corrected chi connectivity index (χ1v) is 9.54. The molecule has 0 aliphatic heterocycles. The molecule has 0 N–H and O–H groups in total. The van der Waals surface area contributed by atoms with Gasteiger partial charge in [-0.15, -0.1) is 0 Å². The fourth-order valence-electron chi connectivity index (χ4n) is 3.25. The number of hydrogen-bond donors (Lipinski definition) is 0. The quantitative estimate of drug-likeness (QED) is 0.541. The normalized spacial score (nSPS) is 12.8. The van der Waals surface area contributed by atoms with E-state index in [9.17, 15) is 31.1 Å². The molecule has 1 atom stereocenters. The van der Waals surface area contributed by atoms with E-state index in [4.69, 9.17) is 5.26 Å². The molecular weight excluding hydrogens is 436 g/mol. The summed E-state index contributed by atoms with van der Waals surface area (Å²) in [5, 5.41) is 9.04. The van der Waals surface area contributed by atoms with Crippen molar-refractivity contribution in [2.45, 2.75) is 38.3 Å². The van der Waals surface area contributed by atoms with Gasteiger partial charge in [-0.05, 0) is 42.3 Å². The van der Waals surface area contributed by atoms with E-state index in [-0.39, 0.29) is 24.6 Å². The zero-order valence-electron chi connectivity index (χ0n) is 17.6. The van der Waals surface area contributed by atoms with Crippen LogP contribution in [-0.2, 0) is 23.7 Å². The molecule has 32 heavy (non-hydrogen) atoms. The summed E-state index contributed by atoms with van der Waals surface area (Å²) in [6.45, 7) is 1.57. The number of benzene rings is 2. The van der Waals surface area contributed by atoms with E-state index in [1.54, 1.807) is 6.92 Å².